The van der Waals surface area contributed by atoms with E-state index in [1.807, 2.05) is 24.7 Å². The van der Waals surface area contributed by atoms with Gasteiger partial charge in [0.25, 0.3) is 0 Å². The van der Waals surface area contributed by atoms with E-state index < -0.39 is 0 Å². The second-order valence-electron chi connectivity index (χ2n) is 4.61. The lowest BCUT2D eigenvalue weighted by Crippen LogP contribution is -2.15. The van der Waals surface area contributed by atoms with Crippen LogP contribution < -0.4 is 5.32 Å². The number of hydrogen-bond acceptors (Lipinski definition) is 5. The van der Waals surface area contributed by atoms with Gasteiger partial charge < -0.3 is 5.32 Å². The van der Waals surface area contributed by atoms with Crippen molar-refractivity contribution >= 4 is 22.9 Å². The molecule has 0 fully saturated rings. The van der Waals surface area contributed by atoms with Crippen molar-refractivity contribution in [3.05, 3.63) is 57.4 Å². The molecule has 0 spiro atoms. The maximum Gasteiger partial charge on any atom is 0.158 e. The molecular weight excluding hydrogens is 306 g/mol. The summed E-state index contributed by atoms with van der Waals surface area (Å²) >= 11 is 7.58. The molecule has 7 heteroatoms. The molecule has 0 atom stereocenters. The third kappa shape index (κ3) is 3.47. The summed E-state index contributed by atoms with van der Waals surface area (Å²) in [6.07, 6.45) is 5.25. The normalized spacial score (nSPS) is 11.0. The van der Waals surface area contributed by atoms with Crippen LogP contribution in [-0.4, -0.2) is 19.7 Å². The number of aryl methyl sites for hydroxylation is 1. The Morgan fingerprint density at radius 3 is 2.90 bits per heavy atom. The maximum atomic E-state index is 5.94. The molecule has 21 heavy (non-hydrogen) atoms. The van der Waals surface area contributed by atoms with Gasteiger partial charge in [-0.2, -0.15) is 5.10 Å². The van der Waals surface area contributed by atoms with Gasteiger partial charge in [0.1, 0.15) is 0 Å². The number of rotatable bonds is 5. The monoisotopic (exact) mass is 319 g/mol. The Balaban J connectivity index is 1.78. The molecule has 0 radical (unpaired) electrons. The molecule has 0 unspecified atom stereocenters. The van der Waals surface area contributed by atoms with Crippen molar-refractivity contribution in [2.75, 3.05) is 0 Å². The Labute approximate surface area is 131 Å². The number of pyridine rings is 1. The van der Waals surface area contributed by atoms with Crippen LogP contribution in [0.1, 0.15) is 16.1 Å². The molecule has 3 aromatic rings. The molecule has 108 valence electrons. The van der Waals surface area contributed by atoms with Gasteiger partial charge in [0.2, 0.25) is 0 Å². The lowest BCUT2D eigenvalue weighted by Gasteiger charge is -2.10. The molecule has 0 aliphatic rings. The molecule has 1 N–H and O–H groups in total. The van der Waals surface area contributed by atoms with Crippen molar-refractivity contribution < 1.29 is 0 Å². The van der Waals surface area contributed by atoms with Crippen molar-refractivity contribution in [2.24, 2.45) is 0 Å². The molecule has 0 saturated heterocycles. The van der Waals surface area contributed by atoms with Gasteiger partial charge in [-0.25, -0.2) is 9.67 Å². The van der Waals surface area contributed by atoms with Crippen molar-refractivity contribution in [1.29, 1.82) is 0 Å². The highest BCUT2D eigenvalue weighted by Crippen LogP contribution is 2.15. The summed E-state index contributed by atoms with van der Waals surface area (Å²) in [7, 11) is 0. The number of thiazole rings is 1. The highest BCUT2D eigenvalue weighted by molar-refractivity contribution is 7.09. The molecule has 0 aliphatic carbocycles. The van der Waals surface area contributed by atoms with Crippen LogP contribution in [0.3, 0.4) is 0 Å². The highest BCUT2D eigenvalue weighted by Gasteiger charge is 2.08. The van der Waals surface area contributed by atoms with Crippen LogP contribution in [0.2, 0.25) is 5.02 Å². The number of nitrogens with zero attached hydrogens (tertiary/aromatic N) is 4. The summed E-state index contributed by atoms with van der Waals surface area (Å²) in [4.78, 5) is 9.84. The summed E-state index contributed by atoms with van der Waals surface area (Å²) in [5, 5.41) is 8.23. The van der Waals surface area contributed by atoms with Gasteiger partial charge in [-0.15, -0.1) is 11.3 Å². The largest absolute Gasteiger partial charge is 0.308 e. The van der Waals surface area contributed by atoms with E-state index in [1.165, 1.54) is 4.88 Å². The zero-order valence-electron chi connectivity index (χ0n) is 11.5. The van der Waals surface area contributed by atoms with Crippen LogP contribution in [0.25, 0.3) is 5.82 Å². The summed E-state index contributed by atoms with van der Waals surface area (Å²) in [5.41, 5.74) is 3.86. The summed E-state index contributed by atoms with van der Waals surface area (Å²) in [6, 6.07) is 4.06. The highest BCUT2D eigenvalue weighted by atomic mass is 35.5. The smallest absolute Gasteiger partial charge is 0.158 e. The van der Waals surface area contributed by atoms with Crippen molar-refractivity contribution in [3.63, 3.8) is 0 Å². The van der Waals surface area contributed by atoms with E-state index in [0.29, 0.717) is 11.6 Å². The van der Waals surface area contributed by atoms with Gasteiger partial charge in [0.15, 0.2) is 5.82 Å². The van der Waals surface area contributed by atoms with Gasteiger partial charge in [-0.3, -0.25) is 4.98 Å². The first-order valence-electron chi connectivity index (χ1n) is 6.47. The molecule has 3 rings (SSSR count). The molecule has 0 aromatic carbocycles. The second kappa shape index (κ2) is 6.34. The molecule has 5 nitrogen and oxygen atoms in total. The Hall–Kier alpha value is -1.76. The molecule has 3 heterocycles. The summed E-state index contributed by atoms with van der Waals surface area (Å²) < 4.78 is 1.71. The molecule has 0 amide bonds. The fraction of sp³-hybridized carbons (Fsp3) is 0.214. The van der Waals surface area contributed by atoms with Gasteiger partial charge in [-0.05, 0) is 13.0 Å². The van der Waals surface area contributed by atoms with E-state index in [0.717, 1.165) is 23.6 Å². The zero-order valence-corrected chi connectivity index (χ0v) is 13.0. The lowest BCUT2D eigenvalue weighted by molar-refractivity contribution is 0.686. The Kier molecular flexibility index (Phi) is 4.28. The van der Waals surface area contributed by atoms with Gasteiger partial charge in [-0.1, -0.05) is 17.7 Å². The number of hydrogen-bond donors (Lipinski definition) is 1. The molecule has 3 aromatic heterocycles. The fourth-order valence-electron chi connectivity index (χ4n) is 1.97. The molecular formula is C14H14ClN5S. The number of aromatic nitrogens is 4. The second-order valence-corrected chi connectivity index (χ2v) is 6.02. The van der Waals surface area contributed by atoms with Crippen LogP contribution >= 0.6 is 22.9 Å². The molecule has 0 saturated carbocycles. The quantitative estimate of drug-likeness (QED) is 0.785. The first kappa shape index (κ1) is 14.2. The summed E-state index contributed by atoms with van der Waals surface area (Å²) in [5.74, 6) is 0.804. The minimum atomic E-state index is 0.599. The van der Waals surface area contributed by atoms with Crippen molar-refractivity contribution in [2.45, 2.75) is 20.0 Å². The van der Waals surface area contributed by atoms with Crippen molar-refractivity contribution in [1.82, 2.24) is 25.1 Å². The van der Waals surface area contributed by atoms with E-state index in [2.05, 4.69) is 26.4 Å². The number of nitrogens with one attached hydrogen (secondary N) is 1. The average Bonchev–Trinajstić information content (AvgIpc) is 3.12. The Morgan fingerprint density at radius 1 is 1.29 bits per heavy atom. The van der Waals surface area contributed by atoms with E-state index >= 15 is 0 Å². The maximum absolute atomic E-state index is 5.94. The molecule has 0 bridgehead atoms. The molecule has 0 aliphatic heterocycles. The Morgan fingerprint density at radius 2 is 2.19 bits per heavy atom. The van der Waals surface area contributed by atoms with E-state index in [1.54, 1.807) is 28.4 Å². The lowest BCUT2D eigenvalue weighted by atomic mass is 10.2. The van der Waals surface area contributed by atoms with Gasteiger partial charge >= 0.3 is 0 Å². The van der Waals surface area contributed by atoms with Crippen LogP contribution in [0, 0.1) is 6.92 Å². The minimum Gasteiger partial charge on any atom is -0.308 e. The van der Waals surface area contributed by atoms with Gasteiger partial charge in [0.05, 0.1) is 22.9 Å². The predicted octanol–water partition coefficient (Wildman–Crippen LogP) is 2.98. The van der Waals surface area contributed by atoms with E-state index in [-0.39, 0.29) is 0 Å². The third-order valence-electron chi connectivity index (χ3n) is 2.96. The fourth-order valence-corrected chi connectivity index (χ4v) is 2.67. The van der Waals surface area contributed by atoms with Gasteiger partial charge in [0, 0.05) is 35.4 Å². The van der Waals surface area contributed by atoms with Crippen LogP contribution in [0.4, 0.5) is 0 Å². The first-order valence-corrected chi connectivity index (χ1v) is 7.73. The zero-order chi connectivity index (χ0) is 14.7. The summed E-state index contributed by atoms with van der Waals surface area (Å²) in [6.45, 7) is 3.46. The third-order valence-corrected chi connectivity index (χ3v) is 3.94. The average molecular weight is 320 g/mol. The predicted molar refractivity (Wildman–Crippen MR) is 83.8 cm³/mol. The standard InChI is InChI=1S/C14H14ClN5S/c1-10-2-3-11(4-16-6-13-7-17-9-21-13)14(19-10)20-8-12(15)5-18-20/h2-3,5,7-9,16H,4,6H2,1H3. The van der Waals surface area contributed by atoms with Crippen LogP contribution in [0.5, 0.6) is 0 Å². The van der Waals surface area contributed by atoms with Crippen LogP contribution in [0.15, 0.2) is 36.2 Å². The Bertz CT molecular complexity index is 723. The topological polar surface area (TPSA) is 55.6 Å². The van der Waals surface area contributed by atoms with E-state index in [4.69, 9.17) is 11.6 Å². The number of halogens is 1. The first-order chi connectivity index (χ1) is 10.2. The SMILES string of the molecule is Cc1ccc(CNCc2cncs2)c(-n2cc(Cl)cn2)n1. The minimum absolute atomic E-state index is 0.599. The van der Waals surface area contributed by atoms with Crippen molar-refractivity contribution in [3.8, 4) is 5.82 Å². The van der Waals surface area contributed by atoms with Crippen LogP contribution in [-0.2, 0) is 13.1 Å². The van der Waals surface area contributed by atoms with E-state index in [9.17, 15) is 0 Å².